The minimum absolute atomic E-state index is 0.296. The van der Waals surface area contributed by atoms with Crippen molar-refractivity contribution in [2.24, 2.45) is 23.5 Å². The zero-order chi connectivity index (χ0) is 13.7. The van der Waals surface area contributed by atoms with Gasteiger partial charge in [-0.3, -0.25) is 4.79 Å². The Morgan fingerprint density at radius 2 is 2.06 bits per heavy atom. The summed E-state index contributed by atoms with van der Waals surface area (Å²) in [6.07, 6.45) is 0.366. The normalized spacial score (nSPS) is 25.7. The highest BCUT2D eigenvalue weighted by Gasteiger charge is 2.33. The van der Waals surface area contributed by atoms with Crippen molar-refractivity contribution in [3.8, 4) is 0 Å². The first-order chi connectivity index (χ1) is 8.47. The molecule has 0 aromatic carbocycles. The van der Waals surface area contributed by atoms with Crippen LogP contribution in [0.2, 0.25) is 0 Å². The van der Waals surface area contributed by atoms with Gasteiger partial charge in [-0.15, -0.1) is 0 Å². The lowest BCUT2D eigenvalue weighted by Crippen LogP contribution is -2.35. The molecule has 4 nitrogen and oxygen atoms in total. The molecule has 0 spiro atoms. The van der Waals surface area contributed by atoms with E-state index in [9.17, 15) is 18.4 Å². The van der Waals surface area contributed by atoms with Crippen LogP contribution in [0.4, 0.5) is 8.78 Å². The van der Waals surface area contributed by atoms with Crippen molar-refractivity contribution in [3.05, 3.63) is 12.2 Å². The second-order valence-corrected chi connectivity index (χ2v) is 4.65. The van der Waals surface area contributed by atoms with E-state index >= 15 is 0 Å². The summed E-state index contributed by atoms with van der Waals surface area (Å²) in [6, 6.07) is 0. The molecule has 1 saturated heterocycles. The second-order valence-electron chi connectivity index (χ2n) is 4.65. The Morgan fingerprint density at radius 1 is 1.44 bits per heavy atom. The van der Waals surface area contributed by atoms with Gasteiger partial charge in [0.1, 0.15) is 6.29 Å². The van der Waals surface area contributed by atoms with Crippen molar-refractivity contribution in [2.45, 2.75) is 13.3 Å². The molecule has 1 unspecified atom stereocenters. The Labute approximate surface area is 105 Å². The van der Waals surface area contributed by atoms with Crippen LogP contribution in [0.1, 0.15) is 13.3 Å². The molecule has 0 radical (unpaired) electrons. The summed E-state index contributed by atoms with van der Waals surface area (Å²) in [5.41, 5.74) is 5.24. The topological polar surface area (TPSA) is 63.4 Å². The number of nitrogens with zero attached hydrogens (tertiary/aromatic N) is 1. The van der Waals surface area contributed by atoms with Crippen molar-refractivity contribution in [1.29, 1.82) is 0 Å². The van der Waals surface area contributed by atoms with Crippen LogP contribution >= 0.6 is 0 Å². The van der Waals surface area contributed by atoms with Gasteiger partial charge < -0.3 is 15.4 Å². The first-order valence-corrected chi connectivity index (χ1v) is 5.97. The van der Waals surface area contributed by atoms with Gasteiger partial charge in [-0.1, -0.05) is 6.92 Å². The Morgan fingerprint density at radius 3 is 2.50 bits per heavy atom. The van der Waals surface area contributed by atoms with Crippen LogP contribution in [0.15, 0.2) is 12.2 Å². The third kappa shape index (κ3) is 3.87. The Bertz CT molecular complexity index is 343. The molecule has 0 bridgehead atoms. The zero-order valence-electron chi connectivity index (χ0n) is 10.3. The molecule has 1 fully saturated rings. The molecular formula is C12H18F2N2O2. The summed E-state index contributed by atoms with van der Waals surface area (Å²) in [7, 11) is 0. The summed E-state index contributed by atoms with van der Waals surface area (Å²) in [5, 5.41) is 0. The third-order valence-electron chi connectivity index (χ3n) is 3.38. The predicted octanol–water partition coefficient (Wildman–Crippen LogP) is 1.03. The number of carbonyl (C=O) groups is 2. The van der Waals surface area contributed by atoms with Gasteiger partial charge in [0, 0.05) is 31.5 Å². The molecule has 6 heteroatoms. The molecule has 1 aliphatic heterocycles. The maximum absolute atomic E-state index is 12.2. The summed E-state index contributed by atoms with van der Waals surface area (Å²) in [5.74, 6) is -1.60. The molecule has 3 atom stereocenters. The lowest BCUT2D eigenvalue weighted by Gasteiger charge is -2.20. The molecule has 2 N–H and O–H groups in total. The highest BCUT2D eigenvalue weighted by atomic mass is 19.3. The maximum atomic E-state index is 12.2. The van der Waals surface area contributed by atoms with E-state index in [0.29, 0.717) is 32.3 Å². The van der Waals surface area contributed by atoms with Crippen LogP contribution in [0.5, 0.6) is 0 Å². The van der Waals surface area contributed by atoms with E-state index in [1.165, 1.54) is 0 Å². The maximum Gasteiger partial charge on any atom is 0.266 e. The molecule has 102 valence electrons. The Hall–Kier alpha value is -1.30. The summed E-state index contributed by atoms with van der Waals surface area (Å²) in [4.78, 5) is 23.8. The smallest absolute Gasteiger partial charge is 0.266 e. The van der Waals surface area contributed by atoms with Gasteiger partial charge in [0.25, 0.3) is 6.08 Å². The summed E-state index contributed by atoms with van der Waals surface area (Å²) >= 11 is 0. The Kier molecular flexibility index (Phi) is 5.40. The number of hydrogen-bond donors (Lipinski definition) is 1. The van der Waals surface area contributed by atoms with Gasteiger partial charge in [-0.25, -0.2) is 0 Å². The van der Waals surface area contributed by atoms with Gasteiger partial charge in [0.05, 0.1) is 5.92 Å². The fourth-order valence-electron chi connectivity index (χ4n) is 2.30. The molecule has 0 aromatic rings. The number of likely N-dealkylation sites (tertiary alicyclic amines) is 1. The number of amides is 1. The van der Waals surface area contributed by atoms with E-state index in [1.807, 2.05) is 11.8 Å². The molecule has 1 rings (SSSR count). The molecular weight excluding hydrogens is 242 g/mol. The van der Waals surface area contributed by atoms with Crippen molar-refractivity contribution < 1.29 is 18.4 Å². The minimum atomic E-state index is -1.77. The van der Waals surface area contributed by atoms with Crippen molar-refractivity contribution in [2.75, 3.05) is 19.6 Å². The monoisotopic (exact) mass is 260 g/mol. The molecule has 1 aliphatic rings. The molecule has 1 amide bonds. The lowest BCUT2D eigenvalue weighted by atomic mass is 9.98. The molecule has 0 saturated carbocycles. The molecule has 0 aliphatic carbocycles. The first kappa shape index (κ1) is 14.8. The van der Waals surface area contributed by atoms with E-state index in [2.05, 4.69) is 0 Å². The highest BCUT2D eigenvalue weighted by Crippen LogP contribution is 2.25. The van der Waals surface area contributed by atoms with Gasteiger partial charge in [0.15, 0.2) is 0 Å². The van der Waals surface area contributed by atoms with Crippen LogP contribution in [0.25, 0.3) is 0 Å². The number of aldehydes is 1. The number of halogens is 2. The van der Waals surface area contributed by atoms with Gasteiger partial charge in [-0.2, -0.15) is 8.78 Å². The fraction of sp³-hybridized carbons (Fsp3) is 0.667. The summed E-state index contributed by atoms with van der Waals surface area (Å²) in [6.45, 7) is 3.04. The van der Waals surface area contributed by atoms with Crippen molar-refractivity contribution in [1.82, 2.24) is 4.90 Å². The second kappa shape index (κ2) is 6.58. The van der Waals surface area contributed by atoms with Crippen LogP contribution in [0, 0.1) is 17.8 Å². The Balaban J connectivity index is 2.64. The SMILES string of the molecule is CC[C@H](CN1CC(C=O)[C@@H](C=C(F)F)C1)C(N)=O. The molecule has 0 aromatic heterocycles. The van der Waals surface area contributed by atoms with Gasteiger partial charge in [0.2, 0.25) is 5.91 Å². The van der Waals surface area contributed by atoms with E-state index < -0.39 is 23.8 Å². The minimum Gasteiger partial charge on any atom is -0.369 e. The van der Waals surface area contributed by atoms with E-state index in [-0.39, 0.29) is 5.92 Å². The van der Waals surface area contributed by atoms with Crippen LogP contribution in [-0.2, 0) is 9.59 Å². The quantitative estimate of drug-likeness (QED) is 0.725. The van der Waals surface area contributed by atoms with E-state index in [0.717, 1.165) is 6.08 Å². The highest BCUT2D eigenvalue weighted by molar-refractivity contribution is 5.76. The van der Waals surface area contributed by atoms with Crippen LogP contribution in [0.3, 0.4) is 0 Å². The van der Waals surface area contributed by atoms with Crippen LogP contribution in [-0.4, -0.2) is 36.7 Å². The third-order valence-corrected chi connectivity index (χ3v) is 3.38. The van der Waals surface area contributed by atoms with E-state index in [1.54, 1.807) is 0 Å². The van der Waals surface area contributed by atoms with Crippen molar-refractivity contribution >= 4 is 12.2 Å². The molecule has 18 heavy (non-hydrogen) atoms. The first-order valence-electron chi connectivity index (χ1n) is 5.97. The summed E-state index contributed by atoms with van der Waals surface area (Å²) < 4.78 is 24.5. The number of primary amides is 1. The predicted molar refractivity (Wildman–Crippen MR) is 62.8 cm³/mol. The number of carbonyl (C=O) groups excluding carboxylic acids is 2. The lowest BCUT2D eigenvalue weighted by molar-refractivity contribution is -0.122. The standard InChI is InChI=1S/C12H18F2N2O2/c1-2-8(12(15)18)4-16-5-9(3-11(13)14)10(6-16)7-17/h3,7-10H,2,4-6H2,1H3,(H2,15,18)/t8-,9+,10?/m1/s1. The van der Waals surface area contributed by atoms with Crippen molar-refractivity contribution in [3.63, 3.8) is 0 Å². The zero-order valence-corrected chi connectivity index (χ0v) is 10.3. The van der Waals surface area contributed by atoms with E-state index in [4.69, 9.17) is 5.73 Å². The number of nitrogens with two attached hydrogens (primary N) is 1. The number of hydrogen-bond acceptors (Lipinski definition) is 3. The fourth-order valence-corrected chi connectivity index (χ4v) is 2.30. The number of rotatable bonds is 6. The van der Waals surface area contributed by atoms with Gasteiger partial charge in [-0.05, 0) is 12.5 Å². The van der Waals surface area contributed by atoms with Gasteiger partial charge >= 0.3 is 0 Å². The van der Waals surface area contributed by atoms with Crippen LogP contribution < -0.4 is 5.73 Å². The molecule has 1 heterocycles. The largest absolute Gasteiger partial charge is 0.369 e. The average Bonchev–Trinajstić information content (AvgIpc) is 2.66. The average molecular weight is 260 g/mol.